The third-order valence-electron chi connectivity index (χ3n) is 2.65. The van der Waals surface area contributed by atoms with Crippen molar-refractivity contribution in [2.45, 2.75) is 13.3 Å². The largest absolute Gasteiger partial charge is 0.393 e. The Morgan fingerprint density at radius 3 is 2.83 bits per heavy atom. The molecule has 0 bridgehead atoms. The number of nitrogens with zero attached hydrogens (tertiary/aromatic N) is 4. The Hall–Kier alpha value is -1.82. The Morgan fingerprint density at radius 2 is 2.11 bits per heavy atom. The lowest BCUT2D eigenvalue weighted by molar-refractivity contribution is 0.822. The van der Waals surface area contributed by atoms with Gasteiger partial charge >= 0.3 is 0 Å². The maximum Gasteiger partial charge on any atom is 0.180 e. The van der Waals surface area contributed by atoms with Crippen molar-refractivity contribution in [2.24, 2.45) is 5.73 Å². The summed E-state index contributed by atoms with van der Waals surface area (Å²) in [5.74, 6) is 0.877. The van der Waals surface area contributed by atoms with E-state index in [0.29, 0.717) is 17.1 Å². The molecule has 2 heterocycles. The molecule has 0 aliphatic rings. The van der Waals surface area contributed by atoms with Crippen LogP contribution < -0.4 is 10.6 Å². The molecule has 2 aromatic heterocycles. The van der Waals surface area contributed by atoms with Crippen molar-refractivity contribution in [1.29, 1.82) is 0 Å². The first kappa shape index (κ1) is 12.6. The predicted octanol–water partition coefficient (Wildman–Crippen LogP) is 1.53. The third kappa shape index (κ3) is 2.89. The number of anilines is 1. The Morgan fingerprint density at radius 1 is 1.33 bits per heavy atom. The minimum Gasteiger partial charge on any atom is -0.393 e. The van der Waals surface area contributed by atoms with E-state index in [2.05, 4.69) is 26.8 Å². The van der Waals surface area contributed by atoms with Gasteiger partial charge in [-0.15, -0.1) is 0 Å². The summed E-state index contributed by atoms with van der Waals surface area (Å²) in [7, 11) is 0. The van der Waals surface area contributed by atoms with Crippen molar-refractivity contribution in [3.8, 4) is 0 Å². The lowest BCUT2D eigenvalue weighted by Crippen LogP contribution is -2.28. The van der Waals surface area contributed by atoms with E-state index in [4.69, 9.17) is 18.0 Å². The highest BCUT2D eigenvalue weighted by molar-refractivity contribution is 7.80. The van der Waals surface area contributed by atoms with Crippen molar-refractivity contribution in [2.75, 3.05) is 18.0 Å². The molecule has 0 aliphatic carbocycles. The molecule has 94 valence electrons. The van der Waals surface area contributed by atoms with Gasteiger partial charge in [-0.05, 0) is 19.1 Å². The molecule has 0 saturated carbocycles. The SMILES string of the molecule is CCN(CCC(N)=S)c1ccc2nccnc2n1. The van der Waals surface area contributed by atoms with Crippen LogP contribution in [0.5, 0.6) is 0 Å². The van der Waals surface area contributed by atoms with Crippen LogP contribution in [0.3, 0.4) is 0 Å². The smallest absolute Gasteiger partial charge is 0.180 e. The molecule has 2 aromatic rings. The summed E-state index contributed by atoms with van der Waals surface area (Å²) in [5, 5.41) is 0. The summed E-state index contributed by atoms with van der Waals surface area (Å²) < 4.78 is 0. The van der Waals surface area contributed by atoms with Crippen LogP contribution in [0.4, 0.5) is 5.82 Å². The first-order valence-electron chi connectivity index (χ1n) is 5.81. The molecule has 0 saturated heterocycles. The highest BCUT2D eigenvalue weighted by atomic mass is 32.1. The zero-order chi connectivity index (χ0) is 13.0. The molecule has 0 fully saturated rings. The van der Waals surface area contributed by atoms with Gasteiger partial charge in [0.15, 0.2) is 5.65 Å². The summed E-state index contributed by atoms with van der Waals surface area (Å²) in [4.78, 5) is 15.5. The molecule has 0 aliphatic heterocycles. The number of rotatable bonds is 5. The fourth-order valence-electron chi connectivity index (χ4n) is 1.70. The van der Waals surface area contributed by atoms with Crippen molar-refractivity contribution in [3.05, 3.63) is 24.5 Å². The second kappa shape index (κ2) is 5.68. The van der Waals surface area contributed by atoms with E-state index in [0.717, 1.165) is 24.4 Å². The van der Waals surface area contributed by atoms with Gasteiger partial charge in [0.2, 0.25) is 0 Å². The van der Waals surface area contributed by atoms with Crippen LogP contribution in [0.2, 0.25) is 0 Å². The van der Waals surface area contributed by atoms with Crippen molar-refractivity contribution < 1.29 is 0 Å². The van der Waals surface area contributed by atoms with E-state index < -0.39 is 0 Å². The molecule has 0 unspecified atom stereocenters. The average molecular weight is 261 g/mol. The molecule has 6 heteroatoms. The van der Waals surface area contributed by atoms with Gasteiger partial charge in [-0.3, -0.25) is 4.98 Å². The third-order valence-corrected chi connectivity index (χ3v) is 2.85. The van der Waals surface area contributed by atoms with E-state index >= 15 is 0 Å². The summed E-state index contributed by atoms with van der Waals surface area (Å²) in [6.45, 7) is 3.69. The van der Waals surface area contributed by atoms with Crippen molar-refractivity contribution >= 4 is 34.2 Å². The highest BCUT2D eigenvalue weighted by Gasteiger charge is 2.07. The van der Waals surface area contributed by atoms with Gasteiger partial charge in [-0.2, -0.15) is 0 Å². The van der Waals surface area contributed by atoms with Gasteiger partial charge in [-0.1, -0.05) is 12.2 Å². The normalized spacial score (nSPS) is 10.5. The van der Waals surface area contributed by atoms with Gasteiger partial charge in [0.1, 0.15) is 11.3 Å². The Kier molecular flexibility index (Phi) is 3.99. The predicted molar refractivity (Wildman–Crippen MR) is 76.6 cm³/mol. The monoisotopic (exact) mass is 261 g/mol. The summed E-state index contributed by atoms with van der Waals surface area (Å²) in [5.41, 5.74) is 6.98. The summed E-state index contributed by atoms with van der Waals surface area (Å²) >= 11 is 4.90. The molecular formula is C12H15N5S. The molecular weight excluding hydrogens is 246 g/mol. The Balaban J connectivity index is 2.24. The Labute approximate surface area is 111 Å². The van der Waals surface area contributed by atoms with Gasteiger partial charge in [-0.25, -0.2) is 9.97 Å². The molecule has 0 radical (unpaired) electrons. The first-order valence-corrected chi connectivity index (χ1v) is 6.22. The minimum atomic E-state index is 0.522. The summed E-state index contributed by atoms with van der Waals surface area (Å²) in [6, 6.07) is 3.87. The van der Waals surface area contributed by atoms with Gasteiger partial charge in [0, 0.05) is 31.9 Å². The van der Waals surface area contributed by atoms with Crippen molar-refractivity contribution in [1.82, 2.24) is 15.0 Å². The standard InChI is InChI=1S/C12H15N5S/c1-2-17(8-5-10(13)18)11-4-3-9-12(16-11)15-7-6-14-9/h3-4,6-7H,2,5,8H2,1H3,(H2,13,18). The van der Waals surface area contributed by atoms with Crippen LogP contribution in [-0.4, -0.2) is 33.0 Å². The van der Waals surface area contributed by atoms with E-state index in [1.807, 2.05) is 12.1 Å². The second-order valence-electron chi connectivity index (χ2n) is 3.86. The number of hydrogen-bond acceptors (Lipinski definition) is 5. The molecule has 0 aromatic carbocycles. The fourth-order valence-corrected chi connectivity index (χ4v) is 1.79. The second-order valence-corrected chi connectivity index (χ2v) is 4.39. The first-order chi connectivity index (χ1) is 8.70. The quantitative estimate of drug-likeness (QED) is 0.823. The molecule has 0 amide bonds. The van der Waals surface area contributed by atoms with Crippen LogP contribution in [-0.2, 0) is 0 Å². The molecule has 0 atom stereocenters. The van der Waals surface area contributed by atoms with E-state index in [1.165, 1.54) is 0 Å². The number of fused-ring (bicyclic) bond motifs is 1. The molecule has 0 spiro atoms. The van der Waals surface area contributed by atoms with E-state index in [-0.39, 0.29) is 0 Å². The van der Waals surface area contributed by atoms with Gasteiger partial charge < -0.3 is 10.6 Å². The maximum atomic E-state index is 5.53. The van der Waals surface area contributed by atoms with Gasteiger partial charge in [0.05, 0.1) is 4.99 Å². The van der Waals surface area contributed by atoms with Crippen molar-refractivity contribution in [3.63, 3.8) is 0 Å². The van der Waals surface area contributed by atoms with Crippen LogP contribution in [0, 0.1) is 0 Å². The molecule has 2 rings (SSSR count). The van der Waals surface area contributed by atoms with E-state index in [9.17, 15) is 0 Å². The van der Waals surface area contributed by atoms with Crippen LogP contribution >= 0.6 is 12.2 Å². The van der Waals surface area contributed by atoms with Crippen LogP contribution in [0.1, 0.15) is 13.3 Å². The van der Waals surface area contributed by atoms with Crippen LogP contribution in [0.15, 0.2) is 24.5 Å². The zero-order valence-corrected chi connectivity index (χ0v) is 11.0. The molecule has 18 heavy (non-hydrogen) atoms. The highest BCUT2D eigenvalue weighted by Crippen LogP contribution is 2.14. The van der Waals surface area contributed by atoms with E-state index in [1.54, 1.807) is 12.4 Å². The average Bonchev–Trinajstić information content (AvgIpc) is 2.39. The number of aromatic nitrogens is 3. The number of pyridine rings is 1. The lowest BCUT2D eigenvalue weighted by Gasteiger charge is -2.21. The number of thiocarbonyl (C=S) groups is 1. The number of hydrogen-bond donors (Lipinski definition) is 1. The maximum absolute atomic E-state index is 5.53. The summed E-state index contributed by atoms with van der Waals surface area (Å²) in [6.07, 6.45) is 3.99. The molecule has 5 nitrogen and oxygen atoms in total. The topological polar surface area (TPSA) is 67.9 Å². The molecule has 2 N–H and O–H groups in total. The lowest BCUT2D eigenvalue weighted by atomic mass is 10.3. The van der Waals surface area contributed by atoms with Gasteiger partial charge in [0.25, 0.3) is 0 Å². The zero-order valence-electron chi connectivity index (χ0n) is 10.2. The fraction of sp³-hybridized carbons (Fsp3) is 0.333. The Bertz CT molecular complexity index is 557. The van der Waals surface area contributed by atoms with Crippen LogP contribution in [0.25, 0.3) is 11.2 Å². The minimum absolute atomic E-state index is 0.522. The number of nitrogens with two attached hydrogens (primary N) is 1.